The third-order valence-corrected chi connectivity index (χ3v) is 3.51. The van der Waals surface area contributed by atoms with Gasteiger partial charge < -0.3 is 19.7 Å². The standard InChI is InChI=1S/C18H22O4/c1-3-21-16-9-5-14(6-10-16)18(20,13-19)15-7-11-17(12-8-15)22-4-2/h5-12,19-20H,3-4,13H2,1-2H3. The van der Waals surface area contributed by atoms with E-state index in [1.54, 1.807) is 48.5 Å². The van der Waals surface area contributed by atoms with Crippen molar-refractivity contribution in [3.05, 3.63) is 59.7 Å². The van der Waals surface area contributed by atoms with E-state index in [1.165, 1.54) is 0 Å². The van der Waals surface area contributed by atoms with Crippen molar-refractivity contribution in [3.8, 4) is 11.5 Å². The van der Waals surface area contributed by atoms with E-state index in [0.717, 1.165) is 11.5 Å². The van der Waals surface area contributed by atoms with Gasteiger partial charge in [0, 0.05) is 0 Å². The van der Waals surface area contributed by atoms with Crippen molar-refractivity contribution in [2.45, 2.75) is 19.4 Å². The molecule has 0 atom stereocenters. The van der Waals surface area contributed by atoms with Gasteiger partial charge in [0.15, 0.2) is 0 Å². The van der Waals surface area contributed by atoms with Crippen LogP contribution in [0.3, 0.4) is 0 Å². The van der Waals surface area contributed by atoms with Crippen LogP contribution >= 0.6 is 0 Å². The molecule has 0 aliphatic heterocycles. The third kappa shape index (κ3) is 3.40. The minimum atomic E-state index is -1.45. The Bertz CT molecular complexity index is 526. The van der Waals surface area contributed by atoms with Crippen LogP contribution < -0.4 is 9.47 Å². The second kappa shape index (κ2) is 7.29. The first-order valence-electron chi connectivity index (χ1n) is 7.44. The zero-order valence-corrected chi connectivity index (χ0v) is 13.0. The van der Waals surface area contributed by atoms with Crippen molar-refractivity contribution in [3.63, 3.8) is 0 Å². The number of rotatable bonds is 7. The van der Waals surface area contributed by atoms with E-state index in [-0.39, 0.29) is 0 Å². The predicted octanol–water partition coefficient (Wildman–Crippen LogP) is 2.71. The first-order chi connectivity index (χ1) is 10.6. The summed E-state index contributed by atoms with van der Waals surface area (Å²) < 4.78 is 10.8. The Balaban J connectivity index is 2.30. The van der Waals surface area contributed by atoms with E-state index in [4.69, 9.17) is 9.47 Å². The molecule has 0 aliphatic carbocycles. The molecule has 0 bridgehead atoms. The average Bonchev–Trinajstić information content (AvgIpc) is 2.56. The monoisotopic (exact) mass is 302 g/mol. The van der Waals surface area contributed by atoms with Gasteiger partial charge in [-0.1, -0.05) is 24.3 Å². The number of ether oxygens (including phenoxy) is 2. The summed E-state index contributed by atoms with van der Waals surface area (Å²) in [5.41, 5.74) is -0.222. The minimum absolute atomic E-state index is 0.408. The predicted molar refractivity (Wildman–Crippen MR) is 85.3 cm³/mol. The molecule has 2 rings (SSSR count). The zero-order valence-electron chi connectivity index (χ0n) is 13.0. The second-order valence-electron chi connectivity index (χ2n) is 4.93. The third-order valence-electron chi connectivity index (χ3n) is 3.51. The van der Waals surface area contributed by atoms with Gasteiger partial charge in [0.2, 0.25) is 0 Å². The van der Waals surface area contributed by atoms with Crippen molar-refractivity contribution in [2.75, 3.05) is 19.8 Å². The molecule has 0 radical (unpaired) electrons. The number of hydrogen-bond donors (Lipinski definition) is 2. The summed E-state index contributed by atoms with van der Waals surface area (Å²) in [4.78, 5) is 0. The molecule has 0 heterocycles. The fraction of sp³-hybridized carbons (Fsp3) is 0.333. The molecule has 0 aliphatic rings. The number of aliphatic hydroxyl groups excluding tert-OH is 1. The average molecular weight is 302 g/mol. The van der Waals surface area contributed by atoms with E-state index in [0.29, 0.717) is 24.3 Å². The smallest absolute Gasteiger partial charge is 0.138 e. The highest BCUT2D eigenvalue weighted by Crippen LogP contribution is 2.31. The topological polar surface area (TPSA) is 58.9 Å². The van der Waals surface area contributed by atoms with Crippen LogP contribution in [0, 0.1) is 0 Å². The highest BCUT2D eigenvalue weighted by Gasteiger charge is 2.30. The van der Waals surface area contributed by atoms with E-state index in [2.05, 4.69) is 0 Å². The maximum absolute atomic E-state index is 10.9. The summed E-state index contributed by atoms with van der Waals surface area (Å²) in [6.07, 6.45) is 0. The van der Waals surface area contributed by atoms with Crippen LogP contribution in [0.5, 0.6) is 11.5 Å². The maximum atomic E-state index is 10.9. The number of benzene rings is 2. The SMILES string of the molecule is CCOc1ccc(C(O)(CO)c2ccc(OCC)cc2)cc1. The van der Waals surface area contributed by atoms with E-state index in [1.807, 2.05) is 13.8 Å². The Morgan fingerprint density at radius 2 is 1.14 bits per heavy atom. The summed E-state index contributed by atoms with van der Waals surface area (Å²) in [5, 5.41) is 20.6. The van der Waals surface area contributed by atoms with Gasteiger partial charge in [-0.2, -0.15) is 0 Å². The molecule has 118 valence electrons. The maximum Gasteiger partial charge on any atom is 0.138 e. The summed E-state index contributed by atoms with van der Waals surface area (Å²) in [6.45, 7) is 4.59. The van der Waals surface area contributed by atoms with Gasteiger partial charge in [-0.25, -0.2) is 0 Å². The van der Waals surface area contributed by atoms with Crippen LogP contribution in [0.25, 0.3) is 0 Å². The van der Waals surface area contributed by atoms with E-state index < -0.39 is 12.2 Å². The fourth-order valence-corrected chi connectivity index (χ4v) is 2.34. The Morgan fingerprint density at radius 3 is 1.41 bits per heavy atom. The van der Waals surface area contributed by atoms with Gasteiger partial charge in [-0.3, -0.25) is 0 Å². The van der Waals surface area contributed by atoms with Crippen LogP contribution in [0.4, 0.5) is 0 Å². The lowest BCUT2D eigenvalue weighted by atomic mass is 9.87. The Labute approximate surface area is 130 Å². The van der Waals surface area contributed by atoms with Crippen molar-refractivity contribution in [1.29, 1.82) is 0 Å². The molecule has 0 saturated heterocycles. The van der Waals surface area contributed by atoms with Gasteiger partial charge >= 0.3 is 0 Å². The van der Waals surface area contributed by atoms with E-state index >= 15 is 0 Å². The largest absolute Gasteiger partial charge is 0.494 e. The van der Waals surface area contributed by atoms with Gasteiger partial charge in [0.1, 0.15) is 17.1 Å². The second-order valence-corrected chi connectivity index (χ2v) is 4.93. The molecule has 4 heteroatoms. The molecular formula is C18H22O4. The van der Waals surface area contributed by atoms with E-state index in [9.17, 15) is 10.2 Å². The summed E-state index contributed by atoms with van der Waals surface area (Å²) in [6, 6.07) is 14.2. The van der Waals surface area contributed by atoms with Gasteiger partial charge in [0.25, 0.3) is 0 Å². The van der Waals surface area contributed by atoms with Crippen molar-refractivity contribution >= 4 is 0 Å². The molecule has 2 aromatic rings. The fourth-order valence-electron chi connectivity index (χ4n) is 2.34. The van der Waals surface area contributed by atoms with Crippen LogP contribution in [-0.4, -0.2) is 30.0 Å². The zero-order chi connectivity index (χ0) is 16.0. The molecule has 0 saturated carbocycles. The molecule has 0 aromatic heterocycles. The first-order valence-corrected chi connectivity index (χ1v) is 7.44. The molecule has 0 spiro atoms. The normalized spacial score (nSPS) is 11.3. The molecule has 4 nitrogen and oxygen atoms in total. The van der Waals surface area contributed by atoms with Gasteiger partial charge in [0.05, 0.1) is 19.8 Å². The molecule has 2 aromatic carbocycles. The van der Waals surface area contributed by atoms with Crippen molar-refractivity contribution < 1.29 is 19.7 Å². The molecule has 22 heavy (non-hydrogen) atoms. The van der Waals surface area contributed by atoms with Gasteiger partial charge in [-0.05, 0) is 49.2 Å². The Hall–Kier alpha value is -2.04. The van der Waals surface area contributed by atoms with Crippen LogP contribution in [0.1, 0.15) is 25.0 Å². The Morgan fingerprint density at radius 1 is 0.773 bits per heavy atom. The lowest BCUT2D eigenvalue weighted by molar-refractivity contribution is 0.0172. The van der Waals surface area contributed by atoms with Crippen LogP contribution in [0.15, 0.2) is 48.5 Å². The Kier molecular flexibility index (Phi) is 5.41. The molecule has 2 N–H and O–H groups in total. The number of aliphatic hydroxyl groups is 2. The molecule has 0 unspecified atom stereocenters. The lowest BCUT2D eigenvalue weighted by Crippen LogP contribution is -2.31. The number of hydrogen-bond acceptors (Lipinski definition) is 4. The van der Waals surface area contributed by atoms with Crippen LogP contribution in [-0.2, 0) is 5.60 Å². The first kappa shape index (κ1) is 16.3. The minimum Gasteiger partial charge on any atom is -0.494 e. The molecule has 0 fully saturated rings. The summed E-state index contributed by atoms with van der Waals surface area (Å²) >= 11 is 0. The van der Waals surface area contributed by atoms with Crippen molar-refractivity contribution in [1.82, 2.24) is 0 Å². The highest BCUT2D eigenvalue weighted by atomic mass is 16.5. The van der Waals surface area contributed by atoms with Crippen molar-refractivity contribution in [2.24, 2.45) is 0 Å². The van der Waals surface area contributed by atoms with Crippen LogP contribution in [0.2, 0.25) is 0 Å². The molecular weight excluding hydrogens is 280 g/mol. The lowest BCUT2D eigenvalue weighted by Gasteiger charge is -2.27. The summed E-state index contributed by atoms with van der Waals surface area (Å²) in [7, 11) is 0. The summed E-state index contributed by atoms with van der Waals surface area (Å²) in [5.74, 6) is 1.47. The quantitative estimate of drug-likeness (QED) is 0.825. The van der Waals surface area contributed by atoms with Gasteiger partial charge in [-0.15, -0.1) is 0 Å². The highest BCUT2D eigenvalue weighted by molar-refractivity contribution is 5.41. The molecule has 0 amide bonds.